The molecule has 1 aromatic carbocycles. The average molecular weight is 605 g/mol. The lowest BCUT2D eigenvalue weighted by Gasteiger charge is -2.23. The Morgan fingerprint density at radius 1 is 1.14 bits per heavy atom. The number of pyridine rings is 2. The zero-order chi connectivity index (χ0) is 30.6. The summed E-state index contributed by atoms with van der Waals surface area (Å²) >= 11 is 0.740. The fourth-order valence-corrected chi connectivity index (χ4v) is 5.20. The first-order chi connectivity index (χ1) is 20.0. The van der Waals surface area contributed by atoms with Crippen molar-refractivity contribution in [3.05, 3.63) is 63.5 Å². The molecule has 0 unspecified atom stereocenters. The number of carbonyl (C=O) groups is 2. The fraction of sp³-hybridized carbons (Fsp3) is 0.296. The van der Waals surface area contributed by atoms with Gasteiger partial charge in [0.25, 0.3) is 0 Å². The molecule has 0 fully saturated rings. The summed E-state index contributed by atoms with van der Waals surface area (Å²) in [6.45, 7) is 2.32. The number of methoxy groups -OCH3 is 2. The van der Waals surface area contributed by atoms with Crippen molar-refractivity contribution in [3.63, 3.8) is 0 Å². The SMILES string of the molecule is CCNC(=O)Nc1cc(-c2nc(C(F)(F)F)cs2)c(-c2ccc3c(c2)c(=O)c(C(=O)[O-])cn3C(COC)COC)cn1. The molecule has 4 rings (SSSR count). The van der Waals surface area contributed by atoms with Gasteiger partial charge in [-0.1, -0.05) is 6.07 Å². The Balaban J connectivity index is 1.94. The van der Waals surface area contributed by atoms with E-state index in [1.54, 1.807) is 23.6 Å². The molecule has 3 aromatic heterocycles. The molecule has 15 heteroatoms. The second kappa shape index (κ2) is 12.7. The molecule has 0 aliphatic heterocycles. The smallest absolute Gasteiger partial charge is 0.434 e. The van der Waals surface area contributed by atoms with Crippen LogP contribution in [0.1, 0.15) is 29.0 Å². The van der Waals surface area contributed by atoms with Gasteiger partial charge in [-0.2, -0.15) is 13.2 Å². The standard InChI is InChI=1S/C27H26F3N5O6S/c1-4-31-26(39)34-22-8-16(24-33-21(13-42-24)27(28,29)30)18(9-32-22)14-5-6-20-17(7-14)23(36)19(25(37)38)10-35(20)15(11-40-2)12-41-3/h5-10,13,15H,4,11-12H2,1-3H3,(H,37,38)(H2,31,32,34,39)/p-1. The van der Waals surface area contributed by atoms with Crippen LogP contribution in [-0.4, -0.2) is 60.5 Å². The number of aromatic carboxylic acids is 1. The summed E-state index contributed by atoms with van der Waals surface area (Å²) in [4.78, 5) is 45.2. The molecule has 0 bridgehead atoms. The molecule has 0 aliphatic rings. The molecule has 0 spiro atoms. The molecule has 42 heavy (non-hydrogen) atoms. The number of hydrogen-bond donors (Lipinski definition) is 2. The molecule has 0 atom stereocenters. The zero-order valence-corrected chi connectivity index (χ0v) is 23.4. The van der Waals surface area contributed by atoms with Crippen molar-refractivity contribution in [2.24, 2.45) is 0 Å². The number of fused-ring (bicyclic) bond motifs is 1. The molecule has 2 N–H and O–H groups in total. The number of carboxylic acids is 1. The monoisotopic (exact) mass is 604 g/mol. The number of nitrogens with one attached hydrogen (secondary N) is 2. The van der Waals surface area contributed by atoms with Crippen LogP contribution in [0.2, 0.25) is 0 Å². The molecule has 0 radical (unpaired) electrons. The van der Waals surface area contributed by atoms with Crippen LogP contribution in [0.25, 0.3) is 32.6 Å². The summed E-state index contributed by atoms with van der Waals surface area (Å²) in [5.74, 6) is -1.63. The maximum absolute atomic E-state index is 13.4. The second-order valence-corrected chi connectivity index (χ2v) is 9.86. The molecule has 3 heterocycles. The number of alkyl halides is 3. The third-order valence-corrected chi connectivity index (χ3v) is 7.06. The maximum atomic E-state index is 13.4. The van der Waals surface area contributed by atoms with E-state index in [4.69, 9.17) is 9.47 Å². The van der Waals surface area contributed by atoms with Crippen molar-refractivity contribution in [1.82, 2.24) is 19.9 Å². The van der Waals surface area contributed by atoms with Gasteiger partial charge in [-0.05, 0) is 30.7 Å². The number of rotatable bonds is 10. The van der Waals surface area contributed by atoms with Gasteiger partial charge in [0, 0.05) is 55.1 Å². The lowest BCUT2D eigenvalue weighted by molar-refractivity contribution is -0.255. The normalized spacial score (nSPS) is 11.7. The van der Waals surface area contributed by atoms with Crippen LogP contribution in [0.4, 0.5) is 23.8 Å². The van der Waals surface area contributed by atoms with E-state index in [0.717, 1.165) is 16.7 Å². The van der Waals surface area contributed by atoms with Gasteiger partial charge in [0.05, 0.1) is 36.3 Å². The van der Waals surface area contributed by atoms with Gasteiger partial charge < -0.3 is 29.3 Å². The van der Waals surface area contributed by atoms with Gasteiger partial charge >= 0.3 is 12.2 Å². The minimum Gasteiger partial charge on any atom is -0.545 e. The highest BCUT2D eigenvalue weighted by Crippen LogP contribution is 2.39. The lowest BCUT2D eigenvalue weighted by atomic mass is 9.99. The Morgan fingerprint density at radius 2 is 1.86 bits per heavy atom. The molecule has 0 saturated carbocycles. The summed E-state index contributed by atoms with van der Waals surface area (Å²) in [5, 5.41) is 17.8. The Hall–Kier alpha value is -4.34. The second-order valence-electron chi connectivity index (χ2n) is 9.00. The van der Waals surface area contributed by atoms with E-state index < -0.39 is 40.9 Å². The number of amides is 2. The van der Waals surface area contributed by atoms with Crippen molar-refractivity contribution in [3.8, 4) is 21.7 Å². The summed E-state index contributed by atoms with van der Waals surface area (Å²) in [5.41, 5.74) is -1.30. The number of carbonyl (C=O) groups excluding carboxylic acids is 2. The van der Waals surface area contributed by atoms with E-state index in [1.165, 1.54) is 38.7 Å². The predicted octanol–water partition coefficient (Wildman–Crippen LogP) is 3.54. The highest BCUT2D eigenvalue weighted by atomic mass is 32.1. The van der Waals surface area contributed by atoms with E-state index in [1.807, 2.05) is 0 Å². The van der Waals surface area contributed by atoms with Gasteiger partial charge in [0.2, 0.25) is 0 Å². The van der Waals surface area contributed by atoms with Crippen LogP contribution in [0, 0.1) is 0 Å². The number of ether oxygens (including phenoxy) is 2. The fourth-order valence-electron chi connectivity index (χ4n) is 4.34. The van der Waals surface area contributed by atoms with Crippen molar-refractivity contribution >= 4 is 40.1 Å². The molecule has 11 nitrogen and oxygen atoms in total. The number of thiazole rings is 1. The number of urea groups is 1. The molecule has 0 aliphatic carbocycles. The minimum atomic E-state index is -4.68. The Labute approximate surface area is 240 Å². The lowest BCUT2D eigenvalue weighted by Crippen LogP contribution is -2.32. The summed E-state index contributed by atoms with van der Waals surface area (Å²) < 4.78 is 52.2. The number of carboxylic acid groups (broad SMARTS) is 1. The van der Waals surface area contributed by atoms with Gasteiger partial charge in [-0.15, -0.1) is 11.3 Å². The number of hydrogen-bond acceptors (Lipinski definition) is 9. The average Bonchev–Trinajstić information content (AvgIpc) is 3.44. The van der Waals surface area contributed by atoms with E-state index in [0.29, 0.717) is 17.6 Å². The van der Waals surface area contributed by atoms with Gasteiger partial charge in [0.1, 0.15) is 10.8 Å². The Kier molecular flexibility index (Phi) is 9.23. The zero-order valence-electron chi connectivity index (χ0n) is 22.6. The Morgan fingerprint density at radius 3 is 2.45 bits per heavy atom. The summed E-state index contributed by atoms with van der Waals surface area (Å²) in [6, 6.07) is 4.92. The highest BCUT2D eigenvalue weighted by molar-refractivity contribution is 7.13. The van der Waals surface area contributed by atoms with E-state index in [2.05, 4.69) is 20.6 Å². The summed E-state index contributed by atoms with van der Waals surface area (Å²) in [7, 11) is 2.93. The van der Waals surface area contributed by atoms with Gasteiger partial charge in [0.15, 0.2) is 11.1 Å². The van der Waals surface area contributed by atoms with Crippen molar-refractivity contribution < 1.29 is 37.3 Å². The van der Waals surface area contributed by atoms with Crippen LogP contribution < -0.4 is 21.2 Å². The first kappa shape index (κ1) is 30.6. The molecule has 0 saturated heterocycles. The molecule has 4 aromatic rings. The topological polar surface area (TPSA) is 148 Å². The van der Waals surface area contributed by atoms with Crippen molar-refractivity contribution in [2.45, 2.75) is 19.1 Å². The molecule has 222 valence electrons. The van der Waals surface area contributed by atoms with E-state index in [9.17, 15) is 32.7 Å². The number of aromatic nitrogens is 3. The predicted molar refractivity (Wildman–Crippen MR) is 147 cm³/mol. The number of benzene rings is 1. The Bertz CT molecular complexity index is 1680. The number of halogens is 3. The number of anilines is 1. The third-order valence-electron chi connectivity index (χ3n) is 6.18. The van der Waals surface area contributed by atoms with Crippen LogP contribution in [0.5, 0.6) is 0 Å². The largest absolute Gasteiger partial charge is 0.545 e. The van der Waals surface area contributed by atoms with Crippen LogP contribution >= 0.6 is 11.3 Å². The molecular formula is C27H25F3N5O6S-. The summed E-state index contributed by atoms with van der Waals surface area (Å²) in [6.07, 6.45) is -2.18. The molecular weight excluding hydrogens is 579 g/mol. The van der Waals surface area contributed by atoms with E-state index >= 15 is 0 Å². The van der Waals surface area contributed by atoms with Gasteiger partial charge in [-0.3, -0.25) is 10.1 Å². The maximum Gasteiger partial charge on any atom is 0.434 e. The first-order valence-electron chi connectivity index (χ1n) is 12.4. The quantitative estimate of drug-likeness (QED) is 0.279. The van der Waals surface area contributed by atoms with Crippen LogP contribution in [-0.2, 0) is 15.7 Å². The highest BCUT2D eigenvalue weighted by Gasteiger charge is 2.34. The van der Waals surface area contributed by atoms with E-state index in [-0.39, 0.29) is 40.6 Å². The first-order valence-corrected chi connectivity index (χ1v) is 13.3. The van der Waals surface area contributed by atoms with Crippen LogP contribution in [0.3, 0.4) is 0 Å². The molecule has 2 amide bonds. The van der Waals surface area contributed by atoms with Crippen LogP contribution in [0.15, 0.2) is 46.8 Å². The minimum absolute atomic E-state index is 0.0111. The third kappa shape index (κ3) is 6.42. The van der Waals surface area contributed by atoms with Crippen molar-refractivity contribution in [2.75, 3.05) is 39.3 Å². The number of nitrogens with zero attached hydrogens (tertiary/aromatic N) is 3. The van der Waals surface area contributed by atoms with Crippen molar-refractivity contribution in [1.29, 1.82) is 0 Å². The van der Waals surface area contributed by atoms with Gasteiger partial charge in [-0.25, -0.2) is 14.8 Å².